The standard InChI is InChI=1S/C17H20N2O2/c1-13-7-3-5-9-16(13)14(2)18-12-11-15-8-4-6-10-17(15)19(20)21/h3-10,14,18H,11-12H2,1-2H3/t14-/m0/s1. The second-order valence-electron chi connectivity index (χ2n) is 5.17. The second kappa shape index (κ2) is 6.99. The summed E-state index contributed by atoms with van der Waals surface area (Å²) < 4.78 is 0. The first-order chi connectivity index (χ1) is 10.1. The van der Waals surface area contributed by atoms with Gasteiger partial charge in [-0.3, -0.25) is 10.1 Å². The zero-order chi connectivity index (χ0) is 15.2. The van der Waals surface area contributed by atoms with E-state index in [4.69, 9.17) is 0 Å². The number of hydrogen-bond donors (Lipinski definition) is 1. The van der Waals surface area contributed by atoms with Crippen LogP contribution in [0.15, 0.2) is 48.5 Å². The average Bonchev–Trinajstić information content (AvgIpc) is 2.48. The van der Waals surface area contributed by atoms with Gasteiger partial charge in [0.2, 0.25) is 0 Å². The Labute approximate surface area is 125 Å². The van der Waals surface area contributed by atoms with Crippen molar-refractivity contribution in [3.8, 4) is 0 Å². The first-order valence-corrected chi connectivity index (χ1v) is 7.11. The van der Waals surface area contributed by atoms with Crippen molar-refractivity contribution in [2.75, 3.05) is 6.54 Å². The van der Waals surface area contributed by atoms with E-state index in [2.05, 4.69) is 31.3 Å². The number of para-hydroxylation sites is 1. The summed E-state index contributed by atoms with van der Waals surface area (Å²) in [5.74, 6) is 0. The van der Waals surface area contributed by atoms with Gasteiger partial charge in [-0.05, 0) is 37.9 Å². The summed E-state index contributed by atoms with van der Waals surface area (Å²) in [5, 5.41) is 14.4. The molecule has 1 atom stereocenters. The highest BCUT2D eigenvalue weighted by atomic mass is 16.6. The lowest BCUT2D eigenvalue weighted by atomic mass is 10.0. The smallest absolute Gasteiger partial charge is 0.272 e. The topological polar surface area (TPSA) is 55.2 Å². The molecule has 0 unspecified atom stereocenters. The van der Waals surface area contributed by atoms with Crippen LogP contribution in [0.2, 0.25) is 0 Å². The number of benzene rings is 2. The second-order valence-corrected chi connectivity index (χ2v) is 5.17. The summed E-state index contributed by atoms with van der Waals surface area (Å²) in [6, 6.07) is 15.4. The van der Waals surface area contributed by atoms with Gasteiger partial charge in [-0.25, -0.2) is 0 Å². The number of nitrogens with zero attached hydrogens (tertiary/aromatic N) is 1. The summed E-state index contributed by atoms with van der Waals surface area (Å²) in [6.07, 6.45) is 0.646. The molecule has 0 heterocycles. The van der Waals surface area contributed by atoms with Crippen LogP contribution in [0.3, 0.4) is 0 Å². The van der Waals surface area contributed by atoms with E-state index < -0.39 is 0 Å². The Kier molecular flexibility index (Phi) is 5.06. The zero-order valence-electron chi connectivity index (χ0n) is 12.4. The fourth-order valence-electron chi connectivity index (χ4n) is 2.51. The fraction of sp³-hybridized carbons (Fsp3) is 0.294. The molecule has 0 aliphatic rings. The summed E-state index contributed by atoms with van der Waals surface area (Å²) >= 11 is 0. The van der Waals surface area contributed by atoms with Gasteiger partial charge in [0.25, 0.3) is 5.69 Å². The van der Waals surface area contributed by atoms with Crippen molar-refractivity contribution >= 4 is 5.69 Å². The van der Waals surface area contributed by atoms with E-state index in [1.165, 1.54) is 11.1 Å². The monoisotopic (exact) mass is 284 g/mol. The molecule has 0 fully saturated rings. The molecule has 2 aromatic carbocycles. The first kappa shape index (κ1) is 15.2. The third-order valence-corrected chi connectivity index (χ3v) is 3.69. The molecule has 110 valence electrons. The maximum atomic E-state index is 11.0. The Balaban J connectivity index is 1.96. The molecule has 0 radical (unpaired) electrons. The number of nitro groups is 1. The largest absolute Gasteiger partial charge is 0.310 e. The third-order valence-electron chi connectivity index (χ3n) is 3.69. The molecule has 0 spiro atoms. The van der Waals surface area contributed by atoms with Crippen LogP contribution in [0.5, 0.6) is 0 Å². The predicted molar refractivity (Wildman–Crippen MR) is 84.4 cm³/mol. The predicted octanol–water partition coefficient (Wildman–Crippen LogP) is 3.80. The highest BCUT2D eigenvalue weighted by Crippen LogP contribution is 2.19. The molecule has 0 aromatic heterocycles. The zero-order valence-corrected chi connectivity index (χ0v) is 12.4. The highest BCUT2D eigenvalue weighted by molar-refractivity contribution is 5.40. The summed E-state index contributed by atoms with van der Waals surface area (Å²) in [7, 11) is 0. The lowest BCUT2D eigenvalue weighted by Gasteiger charge is -2.16. The van der Waals surface area contributed by atoms with Crippen molar-refractivity contribution in [1.29, 1.82) is 0 Å². The first-order valence-electron chi connectivity index (χ1n) is 7.11. The molecule has 4 heteroatoms. The van der Waals surface area contributed by atoms with E-state index in [1.807, 2.05) is 24.3 Å². The molecule has 2 aromatic rings. The molecular formula is C17H20N2O2. The summed E-state index contributed by atoms with van der Waals surface area (Å²) in [6.45, 7) is 4.91. The van der Waals surface area contributed by atoms with Crippen LogP contribution in [0.1, 0.15) is 29.7 Å². The van der Waals surface area contributed by atoms with Crippen molar-refractivity contribution in [2.24, 2.45) is 0 Å². The van der Waals surface area contributed by atoms with Crippen molar-refractivity contribution in [3.05, 3.63) is 75.3 Å². The van der Waals surface area contributed by atoms with Gasteiger partial charge in [-0.2, -0.15) is 0 Å². The number of rotatable bonds is 6. The molecule has 0 amide bonds. The highest BCUT2D eigenvalue weighted by Gasteiger charge is 2.12. The van der Waals surface area contributed by atoms with Crippen LogP contribution in [0, 0.1) is 17.0 Å². The van der Waals surface area contributed by atoms with E-state index in [0.29, 0.717) is 13.0 Å². The molecule has 21 heavy (non-hydrogen) atoms. The number of hydrogen-bond acceptors (Lipinski definition) is 3. The average molecular weight is 284 g/mol. The van der Waals surface area contributed by atoms with Gasteiger partial charge in [0.15, 0.2) is 0 Å². The normalized spacial score (nSPS) is 12.1. The molecule has 1 N–H and O–H groups in total. The van der Waals surface area contributed by atoms with E-state index >= 15 is 0 Å². The van der Waals surface area contributed by atoms with Crippen LogP contribution >= 0.6 is 0 Å². The Morgan fingerprint density at radius 2 is 1.81 bits per heavy atom. The number of aryl methyl sites for hydroxylation is 1. The quantitative estimate of drug-likeness (QED) is 0.648. The molecule has 2 rings (SSSR count). The van der Waals surface area contributed by atoms with Crippen LogP contribution < -0.4 is 5.32 Å². The van der Waals surface area contributed by atoms with Crippen LogP contribution in [-0.2, 0) is 6.42 Å². The summed E-state index contributed by atoms with van der Waals surface area (Å²) in [4.78, 5) is 10.7. The Hall–Kier alpha value is -2.20. The van der Waals surface area contributed by atoms with Gasteiger partial charge >= 0.3 is 0 Å². The molecule has 0 saturated carbocycles. The molecule has 4 nitrogen and oxygen atoms in total. The fourth-order valence-corrected chi connectivity index (χ4v) is 2.51. The van der Waals surface area contributed by atoms with E-state index in [9.17, 15) is 10.1 Å². The van der Waals surface area contributed by atoms with E-state index in [0.717, 1.165) is 5.56 Å². The maximum Gasteiger partial charge on any atom is 0.272 e. The number of nitro benzene ring substituents is 1. The Morgan fingerprint density at radius 1 is 1.14 bits per heavy atom. The van der Waals surface area contributed by atoms with Crippen molar-refractivity contribution in [3.63, 3.8) is 0 Å². The molecule has 0 aliphatic carbocycles. The van der Waals surface area contributed by atoms with Crippen LogP contribution in [-0.4, -0.2) is 11.5 Å². The minimum Gasteiger partial charge on any atom is -0.310 e. The van der Waals surface area contributed by atoms with E-state index in [1.54, 1.807) is 12.1 Å². The summed E-state index contributed by atoms with van der Waals surface area (Å²) in [5.41, 5.74) is 3.48. The van der Waals surface area contributed by atoms with Gasteiger partial charge < -0.3 is 5.32 Å². The van der Waals surface area contributed by atoms with Gasteiger partial charge in [-0.15, -0.1) is 0 Å². The molecular weight excluding hydrogens is 264 g/mol. The van der Waals surface area contributed by atoms with Gasteiger partial charge in [0, 0.05) is 17.7 Å². The number of nitrogens with one attached hydrogen (secondary N) is 1. The van der Waals surface area contributed by atoms with Crippen molar-refractivity contribution in [1.82, 2.24) is 5.32 Å². The van der Waals surface area contributed by atoms with Crippen molar-refractivity contribution in [2.45, 2.75) is 26.3 Å². The Bertz CT molecular complexity index is 626. The Morgan fingerprint density at radius 3 is 2.52 bits per heavy atom. The lowest BCUT2D eigenvalue weighted by molar-refractivity contribution is -0.385. The SMILES string of the molecule is Cc1ccccc1[C@H](C)NCCc1ccccc1[N+](=O)[O-]. The van der Waals surface area contributed by atoms with Gasteiger partial charge in [-0.1, -0.05) is 42.5 Å². The van der Waals surface area contributed by atoms with Crippen LogP contribution in [0.4, 0.5) is 5.69 Å². The molecule has 0 bridgehead atoms. The lowest BCUT2D eigenvalue weighted by Crippen LogP contribution is -2.22. The minimum atomic E-state index is -0.319. The molecule has 0 saturated heterocycles. The van der Waals surface area contributed by atoms with Gasteiger partial charge in [0.05, 0.1) is 4.92 Å². The van der Waals surface area contributed by atoms with E-state index in [-0.39, 0.29) is 16.7 Å². The molecule has 0 aliphatic heterocycles. The van der Waals surface area contributed by atoms with Gasteiger partial charge in [0.1, 0.15) is 0 Å². The maximum absolute atomic E-state index is 11.0. The van der Waals surface area contributed by atoms with Crippen LogP contribution in [0.25, 0.3) is 0 Å². The minimum absolute atomic E-state index is 0.197. The van der Waals surface area contributed by atoms with Crippen molar-refractivity contribution < 1.29 is 4.92 Å². The third kappa shape index (κ3) is 3.89.